The van der Waals surface area contributed by atoms with Gasteiger partial charge in [-0.2, -0.15) is 0 Å². The summed E-state index contributed by atoms with van der Waals surface area (Å²) in [6, 6.07) is 6.74. The van der Waals surface area contributed by atoms with Crippen LogP contribution in [0.25, 0.3) is 0 Å². The molecule has 0 aliphatic heterocycles. The maximum absolute atomic E-state index is 12.0. The van der Waals surface area contributed by atoms with E-state index in [4.69, 9.17) is 12.2 Å². The van der Waals surface area contributed by atoms with Gasteiger partial charge in [-0.25, -0.2) is 0 Å². The number of H-pyrrole nitrogens is 1. The first-order valence-corrected chi connectivity index (χ1v) is 8.45. The molecule has 0 saturated carbocycles. The number of allylic oxidation sites excluding steroid dienone is 1. The van der Waals surface area contributed by atoms with Crippen LogP contribution in [0.2, 0.25) is 0 Å². The van der Waals surface area contributed by atoms with Crippen molar-refractivity contribution in [2.45, 2.75) is 11.4 Å². The van der Waals surface area contributed by atoms with Gasteiger partial charge in [0.05, 0.1) is 11.7 Å². The van der Waals surface area contributed by atoms with Crippen LogP contribution in [-0.2, 0) is 11.3 Å². The number of nitrogens with one attached hydrogen (secondary N) is 1. The molecule has 2 N–H and O–H groups in total. The van der Waals surface area contributed by atoms with E-state index in [9.17, 15) is 19.8 Å². The number of aromatic nitrogens is 2. The summed E-state index contributed by atoms with van der Waals surface area (Å²) in [5.41, 5.74) is -0.0344. The first kappa shape index (κ1) is 18.7. The van der Waals surface area contributed by atoms with E-state index in [0.717, 1.165) is 16.7 Å². The number of aliphatic carboxylic acids is 1. The molecule has 0 atom stereocenters. The number of hydrogen-bond acceptors (Lipinski definition) is 7. The minimum Gasteiger partial charge on any atom is -0.549 e. The van der Waals surface area contributed by atoms with Crippen molar-refractivity contribution in [2.24, 2.45) is 4.99 Å². The molecule has 0 fully saturated rings. The zero-order valence-electron chi connectivity index (χ0n) is 13.0. The molecule has 0 bridgehead atoms. The van der Waals surface area contributed by atoms with E-state index < -0.39 is 11.5 Å². The third kappa shape index (κ3) is 4.91. The van der Waals surface area contributed by atoms with E-state index in [1.54, 1.807) is 24.3 Å². The molecule has 0 saturated heterocycles. The molecule has 130 valence electrons. The Bertz CT molecular complexity index is 930. The minimum absolute atomic E-state index is 0.0224. The number of benzene rings is 1. The molecule has 0 radical (unpaired) electrons. The average Bonchev–Trinajstić information content (AvgIpc) is 2.57. The second kappa shape index (κ2) is 8.45. The molecule has 2 aromatic rings. The molecule has 9 heteroatoms. The van der Waals surface area contributed by atoms with Crippen LogP contribution >= 0.6 is 24.0 Å². The molecule has 0 amide bonds. The first-order chi connectivity index (χ1) is 11.9. The molecule has 0 spiro atoms. The maximum Gasteiger partial charge on any atom is 0.264 e. The lowest BCUT2D eigenvalue weighted by Gasteiger charge is -2.08. The van der Waals surface area contributed by atoms with Gasteiger partial charge in [-0.3, -0.25) is 19.3 Å². The average molecular weight is 376 g/mol. The van der Waals surface area contributed by atoms with Crippen molar-refractivity contribution < 1.29 is 15.0 Å². The SMILES string of the molecule is C=CCn1c(O)c(C=Nc2ccc(SCC(=O)[O-])cc2)c(=O)[nH]c1=S. The summed E-state index contributed by atoms with van der Waals surface area (Å²) in [6.45, 7) is 3.81. The lowest BCUT2D eigenvalue weighted by molar-refractivity contribution is -0.301. The van der Waals surface area contributed by atoms with Gasteiger partial charge >= 0.3 is 0 Å². The molecule has 0 aliphatic carbocycles. The lowest BCUT2D eigenvalue weighted by Crippen LogP contribution is -2.24. The van der Waals surface area contributed by atoms with E-state index >= 15 is 0 Å². The van der Waals surface area contributed by atoms with Crippen molar-refractivity contribution in [3.05, 3.63) is 57.6 Å². The highest BCUT2D eigenvalue weighted by Crippen LogP contribution is 2.21. The van der Waals surface area contributed by atoms with Gasteiger partial charge in [0.1, 0.15) is 5.56 Å². The number of thioether (sulfide) groups is 1. The Hall–Kier alpha value is -2.65. The van der Waals surface area contributed by atoms with Crippen molar-refractivity contribution in [1.29, 1.82) is 0 Å². The summed E-state index contributed by atoms with van der Waals surface area (Å²) in [4.78, 5) is 29.8. The number of carbonyl (C=O) groups is 1. The van der Waals surface area contributed by atoms with E-state index in [2.05, 4.69) is 16.6 Å². The number of hydrogen-bond donors (Lipinski definition) is 2. The number of aromatic amines is 1. The van der Waals surface area contributed by atoms with Gasteiger partial charge in [0, 0.05) is 23.4 Å². The van der Waals surface area contributed by atoms with Crippen LogP contribution in [0.15, 0.2) is 51.6 Å². The van der Waals surface area contributed by atoms with Crippen molar-refractivity contribution in [2.75, 3.05) is 5.75 Å². The molecule has 25 heavy (non-hydrogen) atoms. The highest BCUT2D eigenvalue weighted by Gasteiger charge is 2.09. The van der Waals surface area contributed by atoms with Crippen molar-refractivity contribution in [3.63, 3.8) is 0 Å². The summed E-state index contributed by atoms with van der Waals surface area (Å²) in [6.07, 6.45) is 2.78. The fraction of sp³-hybridized carbons (Fsp3) is 0.125. The van der Waals surface area contributed by atoms with Crippen LogP contribution in [0.1, 0.15) is 5.56 Å². The van der Waals surface area contributed by atoms with E-state index in [-0.39, 0.29) is 28.5 Å². The largest absolute Gasteiger partial charge is 0.549 e. The smallest absolute Gasteiger partial charge is 0.264 e. The zero-order chi connectivity index (χ0) is 18.4. The number of aliphatic imine (C=N–C) groups is 1. The Kier molecular flexibility index (Phi) is 6.31. The van der Waals surface area contributed by atoms with E-state index in [1.807, 2.05) is 0 Å². The number of carboxylic acid groups (broad SMARTS) is 1. The van der Waals surface area contributed by atoms with Crippen LogP contribution in [0, 0.1) is 4.77 Å². The molecule has 1 aromatic carbocycles. The Balaban J connectivity index is 2.26. The molecule has 2 rings (SSSR count). The number of carboxylic acids is 1. The van der Waals surface area contributed by atoms with Gasteiger partial charge in [0.25, 0.3) is 5.56 Å². The van der Waals surface area contributed by atoms with Crippen LogP contribution in [-0.4, -0.2) is 32.6 Å². The molecule has 7 nitrogen and oxygen atoms in total. The molecule has 0 aliphatic rings. The van der Waals surface area contributed by atoms with E-state index in [0.29, 0.717) is 5.69 Å². The van der Waals surface area contributed by atoms with Gasteiger partial charge in [-0.05, 0) is 36.5 Å². The molecule has 1 heterocycles. The summed E-state index contributed by atoms with van der Waals surface area (Å²) >= 11 is 6.13. The second-order valence-electron chi connectivity index (χ2n) is 4.81. The Morgan fingerprint density at radius 2 is 2.12 bits per heavy atom. The molecular formula is C16H14N3O4S2-. The summed E-state index contributed by atoms with van der Waals surface area (Å²) in [7, 11) is 0. The standard InChI is InChI=1S/C16H15N3O4S2/c1-2-7-19-15(23)12(14(22)18-16(19)24)8-17-10-3-5-11(6-4-10)25-9-13(20)21/h2-6,8,23H,1,7,9H2,(H,20,21)(H,18,22,24)/p-1. The van der Waals surface area contributed by atoms with Crippen molar-refractivity contribution in [1.82, 2.24) is 9.55 Å². The number of rotatable bonds is 7. The predicted molar refractivity (Wildman–Crippen MR) is 97.2 cm³/mol. The number of carbonyl (C=O) groups excluding carboxylic acids is 1. The lowest BCUT2D eigenvalue weighted by atomic mass is 10.3. The summed E-state index contributed by atoms with van der Waals surface area (Å²) in [5.74, 6) is -1.57. The molecular weight excluding hydrogens is 362 g/mol. The van der Waals surface area contributed by atoms with Gasteiger partial charge in [-0.15, -0.1) is 18.3 Å². The summed E-state index contributed by atoms with van der Waals surface area (Å²) < 4.78 is 1.42. The van der Waals surface area contributed by atoms with Gasteiger partial charge in [0.2, 0.25) is 5.88 Å². The van der Waals surface area contributed by atoms with Crippen molar-refractivity contribution in [3.8, 4) is 5.88 Å². The normalized spacial score (nSPS) is 10.9. The van der Waals surface area contributed by atoms with Crippen LogP contribution in [0.5, 0.6) is 5.88 Å². The van der Waals surface area contributed by atoms with Gasteiger partial charge < -0.3 is 15.0 Å². The molecule has 0 unspecified atom stereocenters. The third-order valence-corrected chi connectivity index (χ3v) is 4.36. The van der Waals surface area contributed by atoms with Gasteiger partial charge in [0.15, 0.2) is 4.77 Å². The monoisotopic (exact) mass is 376 g/mol. The highest BCUT2D eigenvalue weighted by molar-refractivity contribution is 8.00. The second-order valence-corrected chi connectivity index (χ2v) is 6.24. The number of nitrogens with zero attached hydrogens (tertiary/aromatic N) is 2. The van der Waals surface area contributed by atoms with Crippen LogP contribution < -0.4 is 10.7 Å². The zero-order valence-corrected chi connectivity index (χ0v) is 14.6. The van der Waals surface area contributed by atoms with Gasteiger partial charge in [-0.1, -0.05) is 6.08 Å². The Labute approximate surface area is 152 Å². The topological polar surface area (TPSA) is 111 Å². The van der Waals surface area contributed by atoms with Crippen LogP contribution in [0.4, 0.5) is 5.69 Å². The van der Waals surface area contributed by atoms with Crippen LogP contribution in [0.3, 0.4) is 0 Å². The highest BCUT2D eigenvalue weighted by atomic mass is 32.2. The number of aromatic hydroxyl groups is 1. The quantitative estimate of drug-likeness (QED) is 0.327. The molecule has 1 aromatic heterocycles. The van der Waals surface area contributed by atoms with Crippen molar-refractivity contribution >= 4 is 41.9 Å². The Morgan fingerprint density at radius 1 is 1.44 bits per heavy atom. The minimum atomic E-state index is -1.14. The predicted octanol–water partition coefficient (Wildman–Crippen LogP) is 1.39. The maximum atomic E-state index is 12.0. The third-order valence-electron chi connectivity index (χ3n) is 3.05. The first-order valence-electron chi connectivity index (χ1n) is 7.06. The van der Waals surface area contributed by atoms with E-state index in [1.165, 1.54) is 16.9 Å². The fourth-order valence-electron chi connectivity index (χ4n) is 1.90. The fourth-order valence-corrected chi connectivity index (χ4v) is 2.77. The summed E-state index contributed by atoms with van der Waals surface area (Å²) in [5, 5.41) is 20.6. The Morgan fingerprint density at radius 3 is 2.72 bits per heavy atom.